The van der Waals surface area contributed by atoms with Gasteiger partial charge in [0.05, 0.1) is 0 Å². The minimum atomic E-state index is -5.82. The molecule has 3 aliphatic rings. The van der Waals surface area contributed by atoms with Gasteiger partial charge in [-0.3, -0.25) is 0 Å². The van der Waals surface area contributed by atoms with Gasteiger partial charge in [-0.25, -0.2) is 0 Å². The molecule has 1 aliphatic heterocycles. The van der Waals surface area contributed by atoms with Crippen molar-refractivity contribution >= 4 is 52.3 Å². The summed E-state index contributed by atoms with van der Waals surface area (Å²) >= 11 is -5.82. The van der Waals surface area contributed by atoms with Gasteiger partial charge in [0, 0.05) is 0 Å². The van der Waals surface area contributed by atoms with Crippen molar-refractivity contribution in [3.05, 3.63) is 170 Å². The standard InChI is InChI=1S/2C25H31.C12H9Si.2ClH.Zr/c2*1-16(2)10-19-14-20-8-9-23(25(5,6)7)24(22(20)15-19)21-12-17(3)11-18(4)13-21;1-3-7-11-9(5-1)10-6-2-4-8-12(10)13-11;;;/h2*8-9,11-16H,10H2,1-7H3;1-7H,13H2;2*1H;/q;;;;;+2/p-2. The van der Waals surface area contributed by atoms with Gasteiger partial charge in [-0.1, -0.05) is 0 Å². The first-order valence-electron chi connectivity index (χ1n) is 24.7. The molecule has 9 rings (SSSR count). The van der Waals surface area contributed by atoms with Crippen molar-refractivity contribution in [2.24, 2.45) is 11.8 Å². The van der Waals surface area contributed by atoms with E-state index in [0.29, 0.717) is 11.8 Å². The Kier molecular flexibility index (Phi) is 12.1. The molecule has 2 unspecified atom stereocenters. The summed E-state index contributed by atoms with van der Waals surface area (Å²) in [6, 6.07) is 40.3. The monoisotopic (exact) mass is 1000 g/mol. The molecule has 0 aromatic heterocycles. The van der Waals surface area contributed by atoms with E-state index in [-0.39, 0.29) is 18.1 Å². The number of rotatable bonds is 9. The molecule has 341 valence electrons. The van der Waals surface area contributed by atoms with Gasteiger partial charge in [0.25, 0.3) is 0 Å². The van der Waals surface area contributed by atoms with Crippen LogP contribution in [0.5, 0.6) is 0 Å². The van der Waals surface area contributed by atoms with Crippen LogP contribution in [0.25, 0.3) is 45.5 Å². The summed E-state index contributed by atoms with van der Waals surface area (Å²) in [6.45, 7) is 32.7. The Morgan fingerprint density at radius 3 is 1.38 bits per heavy atom. The molecular weight excluding hydrogens is 935 g/mol. The van der Waals surface area contributed by atoms with E-state index in [2.05, 4.69) is 212 Å². The number of halogens is 2. The average Bonchev–Trinajstić information content (AvgIpc) is 3.89. The first-order valence-corrected chi connectivity index (χ1v) is 36.5. The zero-order chi connectivity index (χ0) is 47.4. The van der Waals surface area contributed by atoms with Crippen molar-refractivity contribution < 1.29 is 16.4 Å². The van der Waals surface area contributed by atoms with Crippen molar-refractivity contribution in [1.82, 2.24) is 0 Å². The van der Waals surface area contributed by atoms with Crippen LogP contribution in [0, 0.1) is 39.5 Å². The Morgan fingerprint density at radius 1 is 0.530 bits per heavy atom. The summed E-state index contributed by atoms with van der Waals surface area (Å²) in [6.07, 6.45) is 7.07. The van der Waals surface area contributed by atoms with Crippen LogP contribution < -0.4 is 13.6 Å². The van der Waals surface area contributed by atoms with Gasteiger partial charge in [0.1, 0.15) is 0 Å². The molecule has 4 heteroatoms. The summed E-state index contributed by atoms with van der Waals surface area (Å²) in [5, 5.41) is 2.98. The number of fused-ring (bicyclic) bond motifs is 5. The predicted molar refractivity (Wildman–Crippen MR) is 291 cm³/mol. The maximum atomic E-state index is 9.64. The van der Waals surface area contributed by atoms with E-state index < -0.39 is 25.9 Å². The fourth-order valence-electron chi connectivity index (χ4n) is 12.8. The molecule has 0 N–H and O–H groups in total. The number of hydrogen-bond acceptors (Lipinski definition) is 0. The van der Waals surface area contributed by atoms with E-state index in [1.165, 1.54) is 114 Å². The SMILES string of the molecule is Cc1cc(C)cc(-c2c(C(C)(C)C)ccc3c2C=C(CC(C)C)[CH]3[Zr]([Cl])([Cl])([c]2cccc3c2[SiH2]c2ccccc2-3)[CH]2C(CC(C)C)=Cc3c2ccc(C(C)(C)C)c3-c2cc(C)cc(C)c2)c1. The molecule has 0 amide bonds. The molecule has 0 radical (unpaired) electrons. The molecule has 0 saturated heterocycles. The van der Waals surface area contributed by atoms with E-state index >= 15 is 0 Å². The normalized spacial score (nSPS) is 17.7. The average molecular weight is 1010 g/mol. The van der Waals surface area contributed by atoms with Crippen LogP contribution in [0.3, 0.4) is 0 Å². The molecule has 0 nitrogen and oxygen atoms in total. The Morgan fingerprint density at radius 2 is 0.955 bits per heavy atom. The summed E-state index contributed by atoms with van der Waals surface area (Å²) in [4.78, 5) is 0. The molecule has 0 bridgehead atoms. The van der Waals surface area contributed by atoms with Gasteiger partial charge in [0.15, 0.2) is 0 Å². The van der Waals surface area contributed by atoms with Crippen LogP contribution in [0.2, 0.25) is 0 Å². The van der Waals surface area contributed by atoms with Gasteiger partial charge in [0.2, 0.25) is 0 Å². The predicted octanol–water partition coefficient (Wildman–Crippen LogP) is 15.9. The molecule has 0 fully saturated rings. The van der Waals surface area contributed by atoms with E-state index in [1.54, 1.807) is 0 Å². The van der Waals surface area contributed by atoms with Gasteiger partial charge in [-0.15, -0.1) is 0 Å². The van der Waals surface area contributed by atoms with Gasteiger partial charge in [-0.2, -0.15) is 0 Å². The number of benzene rings is 6. The summed E-state index contributed by atoms with van der Waals surface area (Å²) in [7, 11) is 18.4. The quantitative estimate of drug-likeness (QED) is 0.126. The van der Waals surface area contributed by atoms with Crippen LogP contribution in [-0.4, -0.2) is 9.52 Å². The van der Waals surface area contributed by atoms with Gasteiger partial charge >= 0.3 is 412 Å². The van der Waals surface area contributed by atoms with E-state index in [9.17, 15) is 17.0 Å². The molecule has 0 spiro atoms. The molecular formula is C62H71Cl2SiZr. The Balaban J connectivity index is 1.44. The fraction of sp³-hybridized carbons (Fsp3) is 0.355. The van der Waals surface area contributed by atoms with Crippen LogP contribution in [0.15, 0.2) is 114 Å². The molecule has 0 saturated carbocycles. The third-order valence-electron chi connectivity index (χ3n) is 14.9. The van der Waals surface area contributed by atoms with Crippen LogP contribution in [0.1, 0.15) is 145 Å². The van der Waals surface area contributed by atoms with E-state index in [1.807, 2.05) is 0 Å². The van der Waals surface area contributed by atoms with Gasteiger partial charge < -0.3 is 0 Å². The van der Waals surface area contributed by atoms with Gasteiger partial charge in [-0.05, 0) is 0 Å². The topological polar surface area (TPSA) is 0 Å². The second-order valence-electron chi connectivity index (χ2n) is 23.6. The zero-order valence-corrected chi connectivity index (χ0v) is 47.5. The summed E-state index contributed by atoms with van der Waals surface area (Å²) in [5.74, 6) is 0.832. The Hall–Kier alpha value is -3.52. The summed E-state index contributed by atoms with van der Waals surface area (Å²) in [5.41, 5.74) is 23.9. The first kappa shape index (κ1) is 47.5. The molecule has 2 aliphatic carbocycles. The Labute approximate surface area is 408 Å². The summed E-state index contributed by atoms with van der Waals surface area (Å²) < 4.78 is 1.04. The van der Waals surface area contributed by atoms with Crippen molar-refractivity contribution in [3.63, 3.8) is 0 Å². The minimum absolute atomic E-state index is 0.0867. The van der Waals surface area contributed by atoms with Crippen LogP contribution >= 0.6 is 17.0 Å². The number of aryl methyl sites for hydroxylation is 4. The second-order valence-corrected chi connectivity index (χ2v) is 46.0. The fourth-order valence-corrected chi connectivity index (χ4v) is 40.6. The number of hydrogen-bond donors (Lipinski definition) is 0. The van der Waals surface area contributed by atoms with Crippen molar-refractivity contribution in [1.29, 1.82) is 0 Å². The first-order chi connectivity index (χ1) is 30.9. The third kappa shape index (κ3) is 8.01. The molecule has 2 atom stereocenters. The molecule has 66 heavy (non-hydrogen) atoms. The van der Waals surface area contributed by atoms with E-state index in [0.717, 1.165) is 12.8 Å². The molecule has 6 aromatic rings. The van der Waals surface area contributed by atoms with Crippen molar-refractivity contribution in [2.75, 3.05) is 0 Å². The second kappa shape index (κ2) is 16.9. The maximum absolute atomic E-state index is 9.64. The van der Waals surface area contributed by atoms with Crippen LogP contribution in [0.4, 0.5) is 0 Å². The Bertz CT molecular complexity index is 2820. The third-order valence-corrected chi connectivity index (χ3v) is 37.7. The molecule has 6 aromatic carbocycles. The van der Waals surface area contributed by atoms with Crippen molar-refractivity contribution in [3.8, 4) is 33.4 Å². The molecule has 1 heterocycles. The van der Waals surface area contributed by atoms with Crippen LogP contribution in [-0.2, 0) is 27.2 Å². The zero-order valence-electron chi connectivity index (χ0n) is 42.2. The van der Waals surface area contributed by atoms with Crippen molar-refractivity contribution in [2.45, 2.75) is 128 Å². The van der Waals surface area contributed by atoms with E-state index in [4.69, 9.17) is 0 Å². The number of allylic oxidation sites excluding steroid dienone is 2.